The molecule has 1 radical (unpaired) electrons. The summed E-state index contributed by atoms with van der Waals surface area (Å²) in [4.78, 5) is 11.8. The van der Waals surface area contributed by atoms with Crippen LogP contribution in [0.4, 0.5) is 13.2 Å². The molecule has 0 bridgehead atoms. The zero-order chi connectivity index (χ0) is 14.9. The number of aliphatic hydroxyl groups is 1. The monoisotopic (exact) mass is 433 g/mol. The molecular formula is C15H11EuF3O2. The van der Waals surface area contributed by atoms with E-state index in [4.69, 9.17) is 5.11 Å². The number of ketones is 1. The van der Waals surface area contributed by atoms with Gasteiger partial charge in [0.15, 0.2) is 5.78 Å². The molecule has 2 aromatic carbocycles. The van der Waals surface area contributed by atoms with E-state index in [1.807, 2.05) is 12.1 Å². The third kappa shape index (κ3) is 4.38. The van der Waals surface area contributed by atoms with Gasteiger partial charge >= 0.3 is 6.18 Å². The van der Waals surface area contributed by atoms with Gasteiger partial charge in [-0.05, 0) is 35.4 Å². The fourth-order valence-electron chi connectivity index (χ4n) is 1.93. The van der Waals surface area contributed by atoms with Crippen LogP contribution >= 0.6 is 0 Å². The van der Waals surface area contributed by atoms with E-state index < -0.39 is 17.7 Å². The quantitative estimate of drug-likeness (QED) is 0.436. The van der Waals surface area contributed by atoms with E-state index in [9.17, 15) is 18.0 Å². The average Bonchev–Trinajstić information content (AvgIpc) is 2.37. The van der Waals surface area contributed by atoms with Crippen LogP contribution in [0.3, 0.4) is 0 Å². The van der Waals surface area contributed by atoms with Gasteiger partial charge in [0.25, 0.3) is 0 Å². The molecule has 2 rings (SSSR count). The van der Waals surface area contributed by atoms with Crippen molar-refractivity contribution in [3.63, 3.8) is 0 Å². The van der Waals surface area contributed by atoms with Crippen molar-refractivity contribution in [1.82, 2.24) is 0 Å². The zero-order valence-corrected chi connectivity index (χ0v) is 13.3. The van der Waals surface area contributed by atoms with Crippen LogP contribution in [-0.2, 0) is 0 Å². The molecule has 2 aromatic rings. The van der Waals surface area contributed by atoms with Crippen molar-refractivity contribution in [1.29, 1.82) is 0 Å². The third-order valence-corrected chi connectivity index (χ3v) is 2.91. The molecule has 2 nitrogen and oxygen atoms in total. The molecule has 0 aromatic heterocycles. The molecule has 0 heterocycles. The Balaban J connectivity index is 0.00000220. The Labute approximate surface area is 160 Å². The summed E-state index contributed by atoms with van der Waals surface area (Å²) in [5, 5.41) is 10.5. The summed E-state index contributed by atoms with van der Waals surface area (Å²) in [6.45, 7) is 1.77. The first-order valence-electron chi connectivity index (χ1n) is 5.80. The molecule has 0 unspecified atom stereocenters. The first kappa shape index (κ1) is 18.3. The number of rotatable bonds is 2. The van der Waals surface area contributed by atoms with Gasteiger partial charge in [-0.15, -0.1) is 0 Å². The van der Waals surface area contributed by atoms with Gasteiger partial charge in [0, 0.05) is 61.0 Å². The van der Waals surface area contributed by atoms with E-state index in [1.54, 1.807) is 19.1 Å². The maximum atomic E-state index is 12.2. The topological polar surface area (TPSA) is 37.3 Å². The van der Waals surface area contributed by atoms with Crippen LogP contribution in [0.15, 0.2) is 48.2 Å². The van der Waals surface area contributed by atoms with Gasteiger partial charge in [-0.1, -0.05) is 24.3 Å². The summed E-state index contributed by atoms with van der Waals surface area (Å²) >= 11 is 0. The Morgan fingerprint density at radius 1 is 1.19 bits per heavy atom. The second-order valence-corrected chi connectivity index (χ2v) is 4.41. The van der Waals surface area contributed by atoms with Gasteiger partial charge in [0.1, 0.15) is 0 Å². The van der Waals surface area contributed by atoms with Gasteiger partial charge < -0.3 is 5.11 Å². The molecule has 1 N–H and O–H groups in total. The molecule has 0 saturated heterocycles. The van der Waals surface area contributed by atoms with Crippen LogP contribution in [0, 0.1) is 56.3 Å². The van der Waals surface area contributed by atoms with Crippen molar-refractivity contribution < 1.29 is 72.4 Å². The van der Waals surface area contributed by atoms with Crippen molar-refractivity contribution in [3.8, 4) is 0 Å². The summed E-state index contributed by atoms with van der Waals surface area (Å²) in [7, 11) is 0. The minimum absolute atomic E-state index is 0. The maximum Gasteiger partial charge on any atom is 0.448 e. The number of hydrogen-bond acceptors (Lipinski definition) is 2. The van der Waals surface area contributed by atoms with Crippen molar-refractivity contribution in [2.75, 3.05) is 0 Å². The van der Waals surface area contributed by atoms with Gasteiger partial charge in [-0.25, -0.2) is 0 Å². The van der Waals surface area contributed by atoms with E-state index in [1.165, 1.54) is 12.1 Å². The van der Waals surface area contributed by atoms with Gasteiger partial charge in [0.2, 0.25) is 5.76 Å². The molecule has 0 saturated carbocycles. The van der Waals surface area contributed by atoms with E-state index in [0.29, 0.717) is 0 Å². The van der Waals surface area contributed by atoms with E-state index in [-0.39, 0.29) is 61.0 Å². The SMILES string of the molecule is Cc1cc(C(=O)/C=C(\O)C(F)(F)F)cc2ccccc12.[Eu]. The summed E-state index contributed by atoms with van der Waals surface area (Å²) in [6.07, 6.45) is -4.72. The fourth-order valence-corrected chi connectivity index (χ4v) is 1.93. The average molecular weight is 432 g/mol. The number of allylic oxidation sites excluding steroid dienone is 2. The van der Waals surface area contributed by atoms with Crippen LogP contribution < -0.4 is 0 Å². The molecule has 0 fully saturated rings. The molecule has 6 heteroatoms. The van der Waals surface area contributed by atoms with E-state index in [2.05, 4.69) is 0 Å². The second-order valence-electron chi connectivity index (χ2n) is 4.41. The maximum absolute atomic E-state index is 12.2. The molecular weight excluding hydrogens is 421 g/mol. The zero-order valence-electron chi connectivity index (χ0n) is 10.9. The van der Waals surface area contributed by atoms with Crippen molar-refractivity contribution in [3.05, 3.63) is 59.4 Å². The molecule has 0 aliphatic carbocycles. The normalized spacial score (nSPS) is 12.1. The number of carbonyl (C=O) groups excluding carboxylic acids is 1. The van der Waals surface area contributed by atoms with Crippen LogP contribution in [0.25, 0.3) is 10.8 Å². The number of aliphatic hydroxyl groups excluding tert-OH is 1. The van der Waals surface area contributed by atoms with Crippen LogP contribution in [0.1, 0.15) is 15.9 Å². The van der Waals surface area contributed by atoms with Crippen LogP contribution in [0.5, 0.6) is 0 Å². The predicted molar refractivity (Wildman–Crippen MR) is 69.8 cm³/mol. The minimum Gasteiger partial charge on any atom is -0.504 e. The number of hydrogen-bond donors (Lipinski definition) is 1. The molecule has 21 heavy (non-hydrogen) atoms. The molecule has 0 atom stereocenters. The Bertz CT molecular complexity index is 706. The van der Waals surface area contributed by atoms with E-state index in [0.717, 1.165) is 16.3 Å². The Kier molecular flexibility index (Phi) is 6.14. The van der Waals surface area contributed by atoms with Crippen molar-refractivity contribution in [2.45, 2.75) is 13.1 Å². The first-order valence-corrected chi connectivity index (χ1v) is 5.80. The minimum atomic E-state index is -4.92. The van der Waals surface area contributed by atoms with Gasteiger partial charge in [-0.3, -0.25) is 4.79 Å². The fraction of sp³-hybridized carbons (Fsp3) is 0.133. The molecule has 0 spiro atoms. The van der Waals surface area contributed by atoms with Crippen molar-refractivity contribution in [2.24, 2.45) is 0 Å². The summed E-state index contributed by atoms with van der Waals surface area (Å²) < 4.78 is 36.6. The van der Waals surface area contributed by atoms with Crippen molar-refractivity contribution >= 4 is 16.6 Å². The smallest absolute Gasteiger partial charge is 0.448 e. The predicted octanol–water partition coefficient (Wildman–Crippen LogP) is 4.34. The third-order valence-electron chi connectivity index (χ3n) is 2.91. The first-order chi connectivity index (χ1) is 9.29. The van der Waals surface area contributed by atoms with E-state index >= 15 is 0 Å². The van der Waals surface area contributed by atoms with Gasteiger partial charge in [0.05, 0.1) is 0 Å². The number of alkyl halides is 3. The second kappa shape index (κ2) is 7.03. The summed E-state index contributed by atoms with van der Waals surface area (Å²) in [6, 6.07) is 10.3. The Morgan fingerprint density at radius 2 is 1.81 bits per heavy atom. The van der Waals surface area contributed by atoms with Crippen LogP contribution in [-0.4, -0.2) is 17.1 Å². The standard InChI is InChI=1S/C15H11F3O2.Eu/c1-9-6-11(7-10-4-2-3-5-12(9)10)13(19)8-14(20)15(16,17)18;/h2-8,20H,1H3;/b14-8-;. The summed E-state index contributed by atoms with van der Waals surface area (Å²) in [5.74, 6) is -2.78. The number of halogens is 3. The van der Waals surface area contributed by atoms with Gasteiger partial charge in [-0.2, -0.15) is 13.2 Å². The van der Waals surface area contributed by atoms with Crippen LogP contribution in [0.2, 0.25) is 0 Å². The molecule has 0 aliphatic rings. The summed E-state index contributed by atoms with van der Waals surface area (Å²) in [5.41, 5.74) is 0.892. The number of fused-ring (bicyclic) bond motifs is 1. The largest absolute Gasteiger partial charge is 0.504 e. The Hall–Kier alpha value is -0.716. The number of benzene rings is 2. The molecule has 0 amide bonds. The Morgan fingerprint density at radius 3 is 2.43 bits per heavy atom. The molecule has 0 aliphatic heterocycles. The number of carbonyl (C=O) groups is 1. The molecule has 111 valence electrons. The number of aryl methyl sites for hydroxylation is 1.